The Bertz CT molecular complexity index is 1700. The third kappa shape index (κ3) is 9.53. The fraction of sp³-hybridized carbons (Fsp3) is 0.513. The zero-order valence-electron chi connectivity index (χ0n) is 30.8. The van der Waals surface area contributed by atoms with Crippen LogP contribution in [0.1, 0.15) is 78.8 Å². The van der Waals surface area contributed by atoms with Crippen LogP contribution in [0.3, 0.4) is 0 Å². The fourth-order valence-electron chi connectivity index (χ4n) is 6.90. The van der Waals surface area contributed by atoms with Crippen molar-refractivity contribution in [2.24, 2.45) is 0 Å². The summed E-state index contributed by atoms with van der Waals surface area (Å²) in [6, 6.07) is 15.0. The number of aromatic amines is 1. The monoisotopic (exact) mass is 686 g/mol. The molecule has 2 saturated heterocycles. The van der Waals surface area contributed by atoms with Gasteiger partial charge in [-0.15, -0.1) is 0 Å². The second kappa shape index (κ2) is 16.2. The number of ether oxygens (including phenoxy) is 2. The summed E-state index contributed by atoms with van der Waals surface area (Å²) in [5.41, 5.74) is 10.1. The van der Waals surface area contributed by atoms with E-state index in [9.17, 15) is 14.4 Å². The van der Waals surface area contributed by atoms with Crippen LogP contribution < -0.4 is 21.2 Å². The van der Waals surface area contributed by atoms with Gasteiger partial charge in [0.05, 0.1) is 0 Å². The van der Waals surface area contributed by atoms with Crippen LogP contribution in [0.15, 0.2) is 47.3 Å². The lowest BCUT2D eigenvalue weighted by atomic mass is 9.94. The first-order valence-electron chi connectivity index (χ1n) is 17.8. The zero-order chi connectivity index (χ0) is 36.0. The van der Waals surface area contributed by atoms with Gasteiger partial charge >= 0.3 is 6.09 Å². The Morgan fingerprint density at radius 3 is 2.28 bits per heavy atom. The van der Waals surface area contributed by atoms with Crippen LogP contribution in [0.25, 0.3) is 11.1 Å². The summed E-state index contributed by atoms with van der Waals surface area (Å²) >= 11 is 0. The highest BCUT2D eigenvalue weighted by molar-refractivity contribution is 5.99. The van der Waals surface area contributed by atoms with Crippen LogP contribution in [-0.2, 0) is 22.6 Å². The molecule has 11 nitrogen and oxygen atoms in total. The molecule has 3 aromatic rings. The van der Waals surface area contributed by atoms with E-state index in [0.29, 0.717) is 30.3 Å². The number of nitrogens with one attached hydrogen (secondary N) is 3. The molecule has 2 fully saturated rings. The molecule has 1 aromatic heterocycles. The summed E-state index contributed by atoms with van der Waals surface area (Å²) < 4.78 is 11.1. The van der Waals surface area contributed by atoms with Crippen molar-refractivity contribution < 1.29 is 19.1 Å². The first-order chi connectivity index (χ1) is 23.8. The van der Waals surface area contributed by atoms with Crippen molar-refractivity contribution in [2.45, 2.75) is 86.0 Å². The summed E-state index contributed by atoms with van der Waals surface area (Å²) in [6.07, 6.45) is 1.45. The van der Waals surface area contributed by atoms with Crippen molar-refractivity contribution in [1.29, 1.82) is 0 Å². The van der Waals surface area contributed by atoms with Crippen LogP contribution in [0.5, 0.6) is 0 Å². The second-order valence-corrected chi connectivity index (χ2v) is 14.5. The average molecular weight is 687 g/mol. The van der Waals surface area contributed by atoms with Crippen LogP contribution in [0, 0.1) is 20.8 Å². The molecule has 0 unspecified atom stereocenters. The molecule has 11 heteroatoms. The maximum Gasteiger partial charge on any atom is 0.422 e. The van der Waals surface area contributed by atoms with Crippen molar-refractivity contribution in [3.63, 3.8) is 0 Å². The number of aromatic nitrogens is 1. The van der Waals surface area contributed by atoms with Crippen LogP contribution in [-0.4, -0.2) is 84.5 Å². The molecule has 0 spiro atoms. The van der Waals surface area contributed by atoms with Gasteiger partial charge in [0, 0.05) is 87.6 Å². The van der Waals surface area contributed by atoms with E-state index in [0.717, 1.165) is 85.9 Å². The van der Waals surface area contributed by atoms with Gasteiger partial charge < -0.3 is 24.7 Å². The molecule has 2 aromatic carbocycles. The summed E-state index contributed by atoms with van der Waals surface area (Å²) in [5, 5.41) is 4.95. The van der Waals surface area contributed by atoms with E-state index in [2.05, 4.69) is 62.8 Å². The number of carbonyl (C=O) groups excluding carboxylic acids is 2. The lowest BCUT2D eigenvalue weighted by molar-refractivity contribution is 0.0213. The van der Waals surface area contributed by atoms with E-state index in [4.69, 9.17) is 9.47 Å². The van der Waals surface area contributed by atoms with E-state index >= 15 is 0 Å². The largest absolute Gasteiger partial charge is 0.443 e. The van der Waals surface area contributed by atoms with Crippen molar-refractivity contribution in [2.75, 3.05) is 50.8 Å². The number of pyridine rings is 1. The molecule has 0 bridgehead atoms. The van der Waals surface area contributed by atoms with Gasteiger partial charge in [0.25, 0.3) is 11.5 Å². The maximum absolute atomic E-state index is 13.9. The Morgan fingerprint density at radius 2 is 1.66 bits per heavy atom. The Balaban J connectivity index is 1.33. The molecular formula is C39H54N6O5. The van der Waals surface area contributed by atoms with Crippen LogP contribution in [0.4, 0.5) is 10.5 Å². The van der Waals surface area contributed by atoms with Gasteiger partial charge in [0.1, 0.15) is 5.60 Å². The molecule has 3 N–H and O–H groups in total. The molecule has 50 heavy (non-hydrogen) atoms. The number of hydrazine groups is 1. The number of carbonyl (C=O) groups is 2. The molecule has 0 saturated carbocycles. The highest BCUT2D eigenvalue weighted by Crippen LogP contribution is 2.34. The lowest BCUT2D eigenvalue weighted by Gasteiger charge is -2.37. The first-order valence-corrected chi connectivity index (χ1v) is 17.8. The third-order valence-corrected chi connectivity index (χ3v) is 9.54. The number of aryl methyl sites for hydroxylation is 2. The van der Waals surface area contributed by atoms with E-state index in [-0.39, 0.29) is 18.0 Å². The fourth-order valence-corrected chi connectivity index (χ4v) is 6.90. The minimum absolute atomic E-state index is 0.150. The predicted octanol–water partition coefficient (Wildman–Crippen LogP) is 5.46. The topological polar surface area (TPSA) is 119 Å². The number of piperazine rings is 1. The Hall–Kier alpha value is -4.19. The number of nitrogens with zero attached hydrogens (tertiary/aromatic N) is 3. The van der Waals surface area contributed by atoms with Crippen LogP contribution in [0.2, 0.25) is 0 Å². The molecule has 0 radical (unpaired) electrons. The van der Waals surface area contributed by atoms with E-state index in [1.165, 1.54) is 5.56 Å². The van der Waals surface area contributed by atoms with Gasteiger partial charge in [-0.1, -0.05) is 24.3 Å². The van der Waals surface area contributed by atoms with Crippen molar-refractivity contribution in [1.82, 2.24) is 25.6 Å². The van der Waals surface area contributed by atoms with Gasteiger partial charge in [-0.05, 0) is 107 Å². The molecule has 3 heterocycles. The normalized spacial score (nSPS) is 16.2. The van der Waals surface area contributed by atoms with E-state index in [1.54, 1.807) is 0 Å². The molecule has 5 rings (SSSR count). The van der Waals surface area contributed by atoms with E-state index < -0.39 is 11.7 Å². The highest BCUT2D eigenvalue weighted by Gasteiger charge is 2.26. The van der Waals surface area contributed by atoms with Crippen molar-refractivity contribution >= 4 is 17.7 Å². The summed E-state index contributed by atoms with van der Waals surface area (Å²) in [5.74, 6) is -0.204. The standard InChI is InChI=1S/C39H54N6O5/c1-8-45(32-13-19-49-20-14-32)35-23-31(22-33(28(35)4)36(46)40-24-34-26(2)21-27(3)41-37(34)47)30-11-9-29(10-12-30)25-43-15-17-44(18-16-43)42-38(48)50-39(5,6)7/h9-12,21-23,32H,8,13-20,24-25H2,1-7H3,(H,40,46)(H,41,47)(H,42,48). The maximum atomic E-state index is 13.9. The van der Waals surface area contributed by atoms with Gasteiger partial charge in [0.15, 0.2) is 0 Å². The number of hydrogen-bond acceptors (Lipinski definition) is 8. The number of rotatable bonds is 10. The quantitative estimate of drug-likeness (QED) is 0.258. The zero-order valence-corrected chi connectivity index (χ0v) is 30.8. The molecule has 2 aliphatic rings. The van der Waals surface area contributed by atoms with Crippen molar-refractivity contribution in [3.05, 3.63) is 86.3 Å². The van der Waals surface area contributed by atoms with Gasteiger partial charge in [-0.2, -0.15) is 0 Å². The second-order valence-electron chi connectivity index (χ2n) is 14.5. The number of amides is 2. The smallest absolute Gasteiger partial charge is 0.422 e. The lowest BCUT2D eigenvalue weighted by Crippen LogP contribution is -2.54. The minimum atomic E-state index is -0.533. The summed E-state index contributed by atoms with van der Waals surface area (Å²) in [7, 11) is 0. The number of anilines is 1. The van der Waals surface area contributed by atoms with Gasteiger partial charge in [-0.25, -0.2) is 9.80 Å². The molecular weight excluding hydrogens is 632 g/mol. The number of H-pyrrole nitrogens is 1. The number of hydrogen-bond donors (Lipinski definition) is 3. The van der Waals surface area contributed by atoms with Crippen LogP contribution >= 0.6 is 0 Å². The Kier molecular flexibility index (Phi) is 12.0. The molecule has 0 atom stereocenters. The first kappa shape index (κ1) is 37.1. The van der Waals surface area contributed by atoms with E-state index in [1.807, 2.05) is 58.7 Å². The molecule has 2 amide bonds. The number of benzene rings is 2. The predicted molar refractivity (Wildman–Crippen MR) is 197 cm³/mol. The highest BCUT2D eigenvalue weighted by atomic mass is 16.6. The third-order valence-electron chi connectivity index (χ3n) is 9.54. The minimum Gasteiger partial charge on any atom is -0.443 e. The Labute approximate surface area is 296 Å². The Morgan fingerprint density at radius 1 is 0.980 bits per heavy atom. The van der Waals surface area contributed by atoms with Gasteiger partial charge in [0.2, 0.25) is 0 Å². The molecule has 0 aliphatic carbocycles. The molecule has 2 aliphatic heterocycles. The van der Waals surface area contributed by atoms with Crippen molar-refractivity contribution in [3.8, 4) is 11.1 Å². The van der Waals surface area contributed by atoms with Gasteiger partial charge in [-0.3, -0.25) is 19.9 Å². The average Bonchev–Trinajstić information content (AvgIpc) is 3.06. The summed E-state index contributed by atoms with van der Waals surface area (Å²) in [4.78, 5) is 46.4. The molecule has 270 valence electrons. The SMILES string of the molecule is CCN(c1cc(-c2ccc(CN3CCN(NC(=O)OC(C)(C)C)CC3)cc2)cc(C(=O)NCc2c(C)cc(C)[nH]c2=O)c1C)C1CCOCC1. The summed E-state index contributed by atoms with van der Waals surface area (Å²) in [6.45, 7) is 19.8.